The van der Waals surface area contributed by atoms with Gasteiger partial charge in [-0.25, -0.2) is 0 Å². The Hall–Kier alpha value is -1.72. The molecule has 0 spiro atoms. The lowest BCUT2D eigenvalue weighted by molar-refractivity contribution is -0.162. The van der Waals surface area contributed by atoms with Gasteiger partial charge in [0.1, 0.15) is 23.4 Å². The largest absolute Gasteiger partial charge is 0.465 e. The van der Waals surface area contributed by atoms with Crippen molar-refractivity contribution in [2.75, 3.05) is 13.2 Å². The normalized spacial score (nSPS) is 23.7. The van der Waals surface area contributed by atoms with Crippen LogP contribution in [0.1, 0.15) is 26.7 Å². The first-order chi connectivity index (χ1) is 8.51. The molecule has 6 heteroatoms. The van der Waals surface area contributed by atoms with E-state index >= 15 is 0 Å². The summed E-state index contributed by atoms with van der Waals surface area (Å²) < 4.78 is 9.43. The maximum absolute atomic E-state index is 11.7. The molecule has 18 heavy (non-hydrogen) atoms. The predicted molar refractivity (Wildman–Crippen MR) is 59.5 cm³/mol. The molecule has 0 saturated heterocycles. The van der Waals surface area contributed by atoms with Crippen LogP contribution in [0.2, 0.25) is 0 Å². The number of ketones is 2. The molecule has 0 radical (unpaired) electrons. The van der Waals surface area contributed by atoms with Gasteiger partial charge in [-0.2, -0.15) is 0 Å². The second-order valence-electron chi connectivity index (χ2n) is 3.95. The summed E-state index contributed by atoms with van der Waals surface area (Å²) in [4.78, 5) is 46.3. The van der Waals surface area contributed by atoms with Gasteiger partial charge in [0, 0.05) is 12.8 Å². The van der Waals surface area contributed by atoms with Crippen LogP contribution in [0.4, 0.5) is 0 Å². The number of Topliss-reactive ketones (excluding diaryl/α,β-unsaturated/α-hetero) is 2. The van der Waals surface area contributed by atoms with Crippen molar-refractivity contribution < 1.29 is 28.7 Å². The van der Waals surface area contributed by atoms with Crippen molar-refractivity contribution in [1.82, 2.24) is 0 Å². The highest BCUT2D eigenvalue weighted by Gasteiger charge is 2.43. The quantitative estimate of drug-likeness (QED) is 0.530. The van der Waals surface area contributed by atoms with Gasteiger partial charge in [-0.05, 0) is 13.8 Å². The monoisotopic (exact) mass is 256 g/mol. The highest BCUT2D eigenvalue weighted by Crippen LogP contribution is 2.25. The fraction of sp³-hybridized carbons (Fsp3) is 0.667. The van der Waals surface area contributed by atoms with Gasteiger partial charge < -0.3 is 9.47 Å². The van der Waals surface area contributed by atoms with Gasteiger partial charge in [-0.3, -0.25) is 19.2 Å². The standard InChI is InChI=1S/C12H16O6/c1-3-17-11(15)7-5-10(14)8(6-9(7)13)12(16)18-4-2/h7-8H,3-6H2,1-2H3/t7-,8-/m0/s1. The third-order valence-corrected chi connectivity index (χ3v) is 2.73. The number of carbonyl (C=O) groups is 4. The number of hydrogen-bond donors (Lipinski definition) is 0. The summed E-state index contributed by atoms with van der Waals surface area (Å²) in [6, 6.07) is 0. The van der Waals surface area contributed by atoms with E-state index in [-0.39, 0.29) is 26.1 Å². The van der Waals surface area contributed by atoms with Crippen LogP contribution in [0, 0.1) is 11.8 Å². The summed E-state index contributed by atoms with van der Waals surface area (Å²) in [7, 11) is 0. The second kappa shape index (κ2) is 6.28. The van der Waals surface area contributed by atoms with Crippen molar-refractivity contribution in [3.8, 4) is 0 Å². The molecule has 0 aromatic heterocycles. The van der Waals surface area contributed by atoms with Gasteiger partial charge in [-0.1, -0.05) is 0 Å². The Bertz CT molecular complexity index is 337. The van der Waals surface area contributed by atoms with Crippen LogP contribution in [0.3, 0.4) is 0 Å². The lowest BCUT2D eigenvalue weighted by Crippen LogP contribution is -2.41. The fourth-order valence-corrected chi connectivity index (χ4v) is 1.83. The summed E-state index contributed by atoms with van der Waals surface area (Å²) >= 11 is 0. The van der Waals surface area contributed by atoms with Crippen LogP contribution in [0.5, 0.6) is 0 Å². The molecule has 1 saturated carbocycles. The van der Waals surface area contributed by atoms with Crippen molar-refractivity contribution in [3.63, 3.8) is 0 Å². The van der Waals surface area contributed by atoms with Crippen molar-refractivity contribution in [2.24, 2.45) is 11.8 Å². The number of ether oxygens (including phenoxy) is 2. The van der Waals surface area contributed by atoms with Crippen molar-refractivity contribution >= 4 is 23.5 Å². The number of esters is 2. The summed E-state index contributed by atoms with van der Waals surface area (Å²) in [5, 5.41) is 0. The van der Waals surface area contributed by atoms with Crippen molar-refractivity contribution in [2.45, 2.75) is 26.7 Å². The van der Waals surface area contributed by atoms with E-state index in [1.54, 1.807) is 13.8 Å². The third-order valence-electron chi connectivity index (χ3n) is 2.73. The van der Waals surface area contributed by atoms with Gasteiger partial charge in [0.25, 0.3) is 0 Å². The molecule has 1 aliphatic carbocycles. The van der Waals surface area contributed by atoms with Crippen LogP contribution >= 0.6 is 0 Å². The van der Waals surface area contributed by atoms with E-state index in [0.29, 0.717) is 0 Å². The SMILES string of the molecule is CCOC(=O)[C@H]1CC(=O)[C@@H](C(=O)OCC)CC1=O. The van der Waals surface area contributed by atoms with E-state index in [1.807, 2.05) is 0 Å². The van der Waals surface area contributed by atoms with Gasteiger partial charge in [0.2, 0.25) is 0 Å². The lowest BCUT2D eigenvalue weighted by Gasteiger charge is -2.23. The van der Waals surface area contributed by atoms with E-state index in [9.17, 15) is 19.2 Å². The summed E-state index contributed by atoms with van der Waals surface area (Å²) in [6.07, 6.45) is -0.553. The summed E-state index contributed by atoms with van der Waals surface area (Å²) in [6.45, 7) is 3.54. The zero-order valence-corrected chi connectivity index (χ0v) is 10.4. The Morgan fingerprint density at radius 3 is 1.56 bits per heavy atom. The Morgan fingerprint density at radius 2 is 1.28 bits per heavy atom. The molecule has 0 bridgehead atoms. The Morgan fingerprint density at radius 1 is 0.944 bits per heavy atom. The molecule has 0 unspecified atom stereocenters. The van der Waals surface area contributed by atoms with Crippen LogP contribution in [-0.2, 0) is 28.7 Å². The second-order valence-corrected chi connectivity index (χ2v) is 3.95. The predicted octanol–water partition coefficient (Wildman–Crippen LogP) is 0.277. The average molecular weight is 256 g/mol. The summed E-state index contributed by atoms with van der Waals surface area (Å²) in [5.74, 6) is -4.40. The first-order valence-electron chi connectivity index (χ1n) is 5.89. The Labute approximate surface area is 105 Å². The molecule has 1 aliphatic rings. The van der Waals surface area contributed by atoms with E-state index in [0.717, 1.165) is 0 Å². The van der Waals surface area contributed by atoms with E-state index in [4.69, 9.17) is 9.47 Å². The highest BCUT2D eigenvalue weighted by molar-refractivity contribution is 6.12. The molecule has 100 valence electrons. The zero-order chi connectivity index (χ0) is 13.7. The minimum atomic E-state index is -1.07. The minimum Gasteiger partial charge on any atom is -0.465 e. The number of rotatable bonds is 4. The molecule has 0 aromatic rings. The van der Waals surface area contributed by atoms with Gasteiger partial charge in [0.05, 0.1) is 13.2 Å². The first kappa shape index (κ1) is 14.3. The van der Waals surface area contributed by atoms with Gasteiger partial charge in [0.15, 0.2) is 0 Å². The molecule has 0 aliphatic heterocycles. The van der Waals surface area contributed by atoms with Crippen LogP contribution in [0.15, 0.2) is 0 Å². The zero-order valence-electron chi connectivity index (χ0n) is 10.4. The van der Waals surface area contributed by atoms with Gasteiger partial charge in [-0.15, -0.1) is 0 Å². The molecular formula is C12H16O6. The molecular weight excluding hydrogens is 240 g/mol. The Balaban J connectivity index is 2.71. The van der Waals surface area contributed by atoms with Crippen LogP contribution in [0.25, 0.3) is 0 Å². The fourth-order valence-electron chi connectivity index (χ4n) is 1.83. The van der Waals surface area contributed by atoms with Crippen molar-refractivity contribution in [1.29, 1.82) is 0 Å². The molecule has 0 N–H and O–H groups in total. The molecule has 0 aromatic carbocycles. The number of hydrogen-bond acceptors (Lipinski definition) is 6. The first-order valence-corrected chi connectivity index (χ1v) is 5.89. The molecule has 1 rings (SSSR count). The van der Waals surface area contributed by atoms with Crippen LogP contribution < -0.4 is 0 Å². The molecule has 6 nitrogen and oxygen atoms in total. The maximum atomic E-state index is 11.7. The lowest BCUT2D eigenvalue weighted by atomic mass is 9.80. The topological polar surface area (TPSA) is 86.7 Å². The Kier molecular flexibility index (Phi) is 5.00. The minimum absolute atomic E-state index is 0.151. The molecule has 0 heterocycles. The molecule has 2 atom stereocenters. The van der Waals surface area contributed by atoms with Crippen LogP contribution in [-0.4, -0.2) is 36.7 Å². The van der Waals surface area contributed by atoms with Gasteiger partial charge >= 0.3 is 11.9 Å². The average Bonchev–Trinajstić information content (AvgIpc) is 2.32. The summed E-state index contributed by atoms with van der Waals surface area (Å²) in [5.41, 5.74) is 0. The van der Waals surface area contributed by atoms with E-state index in [1.165, 1.54) is 0 Å². The maximum Gasteiger partial charge on any atom is 0.316 e. The number of carbonyl (C=O) groups excluding carboxylic acids is 4. The van der Waals surface area contributed by atoms with E-state index < -0.39 is 35.3 Å². The smallest absolute Gasteiger partial charge is 0.316 e. The van der Waals surface area contributed by atoms with Crippen molar-refractivity contribution in [3.05, 3.63) is 0 Å². The molecule has 1 fully saturated rings. The third kappa shape index (κ3) is 3.15. The molecule has 0 amide bonds. The van der Waals surface area contributed by atoms with E-state index in [2.05, 4.69) is 0 Å². The highest BCUT2D eigenvalue weighted by atomic mass is 16.5.